The number of benzene rings is 3. The van der Waals surface area contributed by atoms with Gasteiger partial charge in [-0.1, -0.05) is 65.7 Å². The number of aromatic nitrogens is 4. The molecule has 140 valence electrons. The summed E-state index contributed by atoms with van der Waals surface area (Å²) in [4.78, 5) is 9.87. The molecule has 0 saturated carbocycles. The van der Waals surface area contributed by atoms with Crippen LogP contribution in [0.3, 0.4) is 0 Å². The van der Waals surface area contributed by atoms with Crippen LogP contribution in [0.1, 0.15) is 0 Å². The summed E-state index contributed by atoms with van der Waals surface area (Å²) in [7, 11) is 0. The van der Waals surface area contributed by atoms with Crippen molar-refractivity contribution in [3.63, 3.8) is 0 Å². The SMILES string of the molecule is Clc1ccc(-c2nc3cnn(-c4ccccc4)c3nc2-c2ccc(Cl)cc2)cc1. The molecule has 0 radical (unpaired) electrons. The Balaban J connectivity index is 1.78. The van der Waals surface area contributed by atoms with E-state index in [4.69, 9.17) is 33.2 Å². The Bertz CT molecular complexity index is 1300. The van der Waals surface area contributed by atoms with Crippen LogP contribution in [0.5, 0.6) is 0 Å². The van der Waals surface area contributed by atoms with Crippen molar-refractivity contribution in [1.29, 1.82) is 0 Å². The summed E-state index contributed by atoms with van der Waals surface area (Å²) in [5.74, 6) is 0. The summed E-state index contributed by atoms with van der Waals surface area (Å²) in [6.45, 7) is 0. The lowest BCUT2D eigenvalue weighted by atomic mass is 10.0. The predicted molar refractivity (Wildman–Crippen MR) is 118 cm³/mol. The Kier molecular flexibility index (Phi) is 4.51. The number of nitrogens with zero attached hydrogens (tertiary/aromatic N) is 4. The number of hydrogen-bond donors (Lipinski definition) is 0. The molecule has 0 spiro atoms. The molecule has 5 aromatic rings. The number of hydrogen-bond acceptors (Lipinski definition) is 3. The van der Waals surface area contributed by atoms with E-state index >= 15 is 0 Å². The van der Waals surface area contributed by atoms with Gasteiger partial charge in [0, 0.05) is 21.2 Å². The highest BCUT2D eigenvalue weighted by Crippen LogP contribution is 2.32. The standard InChI is InChI=1S/C23H14Cl2N4/c24-17-10-6-15(7-11-17)21-22(16-8-12-18(25)13-9-16)28-23-20(27-21)14-26-29(23)19-4-2-1-3-5-19/h1-14H. The summed E-state index contributed by atoms with van der Waals surface area (Å²) in [6, 6.07) is 25.1. The third-order valence-corrected chi connectivity index (χ3v) is 5.14. The minimum absolute atomic E-state index is 0.671. The maximum atomic E-state index is 6.09. The lowest BCUT2D eigenvalue weighted by Gasteiger charge is -2.10. The summed E-state index contributed by atoms with van der Waals surface area (Å²) >= 11 is 12.2. The highest BCUT2D eigenvalue weighted by molar-refractivity contribution is 6.31. The van der Waals surface area contributed by atoms with Crippen LogP contribution in [0.2, 0.25) is 10.0 Å². The molecule has 0 aliphatic heterocycles. The topological polar surface area (TPSA) is 43.6 Å². The molecule has 2 heterocycles. The molecule has 0 atom stereocenters. The molecule has 0 aliphatic rings. The van der Waals surface area contributed by atoms with E-state index in [9.17, 15) is 0 Å². The Morgan fingerprint density at radius 3 is 1.76 bits per heavy atom. The molecule has 3 aromatic carbocycles. The molecular formula is C23H14Cl2N4. The molecule has 0 aliphatic carbocycles. The van der Waals surface area contributed by atoms with Gasteiger partial charge in [-0.25, -0.2) is 14.6 Å². The van der Waals surface area contributed by atoms with Crippen molar-refractivity contribution < 1.29 is 0 Å². The average molecular weight is 417 g/mol. The van der Waals surface area contributed by atoms with Crippen LogP contribution in [0.4, 0.5) is 0 Å². The van der Waals surface area contributed by atoms with Crippen molar-refractivity contribution >= 4 is 34.4 Å². The molecule has 0 amide bonds. The van der Waals surface area contributed by atoms with Crippen LogP contribution >= 0.6 is 23.2 Å². The predicted octanol–water partition coefficient (Wildman–Crippen LogP) is 6.46. The number of fused-ring (bicyclic) bond motifs is 1. The molecule has 0 saturated heterocycles. The maximum Gasteiger partial charge on any atom is 0.182 e. The fraction of sp³-hybridized carbons (Fsp3) is 0. The van der Waals surface area contributed by atoms with Crippen molar-refractivity contribution in [3.8, 4) is 28.2 Å². The minimum Gasteiger partial charge on any atom is -0.240 e. The van der Waals surface area contributed by atoms with Crippen molar-refractivity contribution in [3.05, 3.63) is 95.1 Å². The number of rotatable bonds is 3. The van der Waals surface area contributed by atoms with Crippen LogP contribution < -0.4 is 0 Å². The van der Waals surface area contributed by atoms with Gasteiger partial charge in [0.15, 0.2) is 5.65 Å². The highest BCUT2D eigenvalue weighted by atomic mass is 35.5. The third-order valence-electron chi connectivity index (χ3n) is 4.64. The summed E-state index contributed by atoms with van der Waals surface area (Å²) in [5.41, 5.74) is 5.72. The molecule has 0 fully saturated rings. The second-order valence-electron chi connectivity index (χ2n) is 6.54. The van der Waals surface area contributed by atoms with Crippen LogP contribution in [0, 0.1) is 0 Å². The third kappa shape index (κ3) is 3.37. The first-order valence-corrected chi connectivity index (χ1v) is 9.78. The second-order valence-corrected chi connectivity index (χ2v) is 7.41. The van der Waals surface area contributed by atoms with E-state index in [0.29, 0.717) is 15.7 Å². The number of para-hydroxylation sites is 1. The van der Waals surface area contributed by atoms with E-state index in [1.165, 1.54) is 0 Å². The summed E-state index contributed by atoms with van der Waals surface area (Å²) in [6.07, 6.45) is 1.74. The number of halogens is 2. The van der Waals surface area contributed by atoms with Crippen molar-refractivity contribution in [1.82, 2.24) is 19.7 Å². The monoisotopic (exact) mass is 416 g/mol. The first-order valence-electron chi connectivity index (χ1n) is 9.02. The van der Waals surface area contributed by atoms with E-state index in [1.807, 2.05) is 78.9 Å². The molecule has 6 heteroatoms. The van der Waals surface area contributed by atoms with Gasteiger partial charge >= 0.3 is 0 Å². The smallest absolute Gasteiger partial charge is 0.182 e. The zero-order valence-corrected chi connectivity index (χ0v) is 16.6. The van der Waals surface area contributed by atoms with E-state index in [2.05, 4.69) is 5.10 Å². The molecule has 5 rings (SSSR count). The van der Waals surface area contributed by atoms with Gasteiger partial charge in [-0.05, 0) is 36.4 Å². The van der Waals surface area contributed by atoms with Gasteiger partial charge in [0.25, 0.3) is 0 Å². The molecular weight excluding hydrogens is 403 g/mol. The van der Waals surface area contributed by atoms with E-state index < -0.39 is 0 Å². The first-order chi connectivity index (χ1) is 14.2. The highest BCUT2D eigenvalue weighted by Gasteiger charge is 2.16. The lowest BCUT2D eigenvalue weighted by molar-refractivity contribution is 0.897. The van der Waals surface area contributed by atoms with Gasteiger partial charge in [0.2, 0.25) is 0 Å². The molecule has 29 heavy (non-hydrogen) atoms. The van der Waals surface area contributed by atoms with E-state index in [0.717, 1.165) is 33.7 Å². The van der Waals surface area contributed by atoms with Gasteiger partial charge in [-0.15, -0.1) is 0 Å². The van der Waals surface area contributed by atoms with Gasteiger partial charge in [-0.2, -0.15) is 5.10 Å². The molecule has 2 aromatic heterocycles. The minimum atomic E-state index is 0.671. The van der Waals surface area contributed by atoms with Gasteiger partial charge < -0.3 is 0 Å². The zero-order valence-electron chi connectivity index (χ0n) is 15.1. The molecule has 4 nitrogen and oxygen atoms in total. The van der Waals surface area contributed by atoms with E-state index in [-0.39, 0.29) is 0 Å². The van der Waals surface area contributed by atoms with Gasteiger partial charge in [0.1, 0.15) is 5.52 Å². The van der Waals surface area contributed by atoms with Crippen molar-refractivity contribution in [2.45, 2.75) is 0 Å². The van der Waals surface area contributed by atoms with Crippen LogP contribution in [-0.4, -0.2) is 19.7 Å². The fourth-order valence-corrected chi connectivity index (χ4v) is 3.48. The lowest BCUT2D eigenvalue weighted by Crippen LogP contribution is -2.00. The Morgan fingerprint density at radius 1 is 0.621 bits per heavy atom. The van der Waals surface area contributed by atoms with Crippen molar-refractivity contribution in [2.75, 3.05) is 0 Å². The Morgan fingerprint density at radius 2 is 1.17 bits per heavy atom. The first kappa shape index (κ1) is 17.9. The van der Waals surface area contributed by atoms with Gasteiger partial charge in [0.05, 0.1) is 23.3 Å². The zero-order chi connectivity index (χ0) is 19.8. The summed E-state index contributed by atoms with van der Waals surface area (Å²) in [5, 5.41) is 5.86. The van der Waals surface area contributed by atoms with Crippen LogP contribution in [-0.2, 0) is 0 Å². The molecule has 0 bridgehead atoms. The van der Waals surface area contributed by atoms with Gasteiger partial charge in [-0.3, -0.25) is 0 Å². The quantitative estimate of drug-likeness (QED) is 0.339. The Labute approximate surface area is 177 Å². The summed E-state index contributed by atoms with van der Waals surface area (Å²) < 4.78 is 1.80. The Hall–Kier alpha value is -3.21. The largest absolute Gasteiger partial charge is 0.240 e. The van der Waals surface area contributed by atoms with Crippen molar-refractivity contribution in [2.24, 2.45) is 0 Å². The fourth-order valence-electron chi connectivity index (χ4n) is 3.23. The second kappa shape index (κ2) is 7.32. The molecule has 0 N–H and O–H groups in total. The maximum absolute atomic E-state index is 6.09. The van der Waals surface area contributed by atoms with Crippen LogP contribution in [0.15, 0.2) is 85.1 Å². The molecule has 0 unspecified atom stereocenters. The average Bonchev–Trinajstić information content (AvgIpc) is 3.18. The van der Waals surface area contributed by atoms with Crippen LogP contribution in [0.25, 0.3) is 39.4 Å². The normalized spacial score (nSPS) is 11.1. The van der Waals surface area contributed by atoms with E-state index in [1.54, 1.807) is 10.9 Å².